The molecule has 0 spiro atoms. The average Bonchev–Trinajstić information content (AvgIpc) is 3.20. The molecule has 1 saturated heterocycles. The minimum Gasteiger partial charge on any atom is -0.357 e. The number of pyridine rings is 1. The lowest BCUT2D eigenvalue weighted by molar-refractivity contribution is 0.220. The first-order valence-electron chi connectivity index (χ1n) is 10.9. The molecule has 0 aliphatic carbocycles. The predicted molar refractivity (Wildman–Crippen MR) is 136 cm³/mol. The standard InChI is InChI=1S/C23H31N7.HI/c1-2-24-23(26-17-22-28-27-21-12-6-9-15-30(21)22)25-16-19-10-4-5-11-20(19)18-29-13-7-3-8-14-29;/h4-6,9-12,15H,2-3,7-8,13-14,16-18H2,1H3,(H2,24,25,26);1H. The van der Waals surface area contributed by atoms with E-state index in [1.807, 2.05) is 28.8 Å². The van der Waals surface area contributed by atoms with Gasteiger partial charge in [-0.25, -0.2) is 4.99 Å². The van der Waals surface area contributed by atoms with Crippen molar-refractivity contribution in [1.29, 1.82) is 0 Å². The van der Waals surface area contributed by atoms with Crippen molar-refractivity contribution in [2.75, 3.05) is 19.6 Å². The van der Waals surface area contributed by atoms with Crippen LogP contribution in [0.3, 0.4) is 0 Å². The number of benzene rings is 1. The molecule has 3 aromatic rings. The highest BCUT2D eigenvalue weighted by atomic mass is 127. The summed E-state index contributed by atoms with van der Waals surface area (Å²) in [6.45, 7) is 7.52. The molecule has 0 radical (unpaired) electrons. The van der Waals surface area contributed by atoms with Crippen molar-refractivity contribution in [2.45, 2.75) is 45.8 Å². The van der Waals surface area contributed by atoms with Crippen LogP contribution in [0.25, 0.3) is 5.65 Å². The number of guanidine groups is 1. The van der Waals surface area contributed by atoms with E-state index in [1.165, 1.54) is 43.5 Å². The van der Waals surface area contributed by atoms with Crippen LogP contribution in [0.1, 0.15) is 43.1 Å². The van der Waals surface area contributed by atoms with Crippen LogP contribution < -0.4 is 10.6 Å². The Morgan fingerprint density at radius 3 is 2.55 bits per heavy atom. The van der Waals surface area contributed by atoms with Gasteiger partial charge in [-0.2, -0.15) is 0 Å². The SMILES string of the molecule is CCNC(=NCc1ccccc1CN1CCCCC1)NCc1nnc2ccccn12.I. The van der Waals surface area contributed by atoms with Gasteiger partial charge in [0.25, 0.3) is 0 Å². The highest BCUT2D eigenvalue weighted by Crippen LogP contribution is 2.17. The van der Waals surface area contributed by atoms with Gasteiger partial charge in [0.15, 0.2) is 17.4 Å². The van der Waals surface area contributed by atoms with Crippen molar-refractivity contribution < 1.29 is 0 Å². The second-order valence-corrected chi connectivity index (χ2v) is 7.70. The van der Waals surface area contributed by atoms with Gasteiger partial charge in [-0.15, -0.1) is 34.2 Å². The van der Waals surface area contributed by atoms with Gasteiger partial charge in [0.05, 0.1) is 13.1 Å². The topological polar surface area (TPSA) is 69.8 Å². The molecule has 0 unspecified atom stereocenters. The summed E-state index contributed by atoms with van der Waals surface area (Å²) in [6.07, 6.45) is 5.97. The van der Waals surface area contributed by atoms with Gasteiger partial charge in [-0.1, -0.05) is 36.8 Å². The van der Waals surface area contributed by atoms with E-state index in [0.717, 1.165) is 30.5 Å². The van der Waals surface area contributed by atoms with E-state index < -0.39 is 0 Å². The summed E-state index contributed by atoms with van der Waals surface area (Å²) in [5, 5.41) is 15.2. The van der Waals surface area contributed by atoms with Crippen LogP contribution in [0.5, 0.6) is 0 Å². The minimum atomic E-state index is 0. The number of nitrogens with zero attached hydrogens (tertiary/aromatic N) is 5. The van der Waals surface area contributed by atoms with Crippen molar-refractivity contribution in [1.82, 2.24) is 30.1 Å². The van der Waals surface area contributed by atoms with Gasteiger partial charge in [-0.3, -0.25) is 9.30 Å². The normalized spacial score (nSPS) is 14.9. The van der Waals surface area contributed by atoms with E-state index in [-0.39, 0.29) is 24.0 Å². The fraction of sp³-hybridized carbons (Fsp3) is 0.435. The molecule has 3 heterocycles. The van der Waals surface area contributed by atoms with E-state index in [9.17, 15) is 0 Å². The van der Waals surface area contributed by atoms with Gasteiger partial charge >= 0.3 is 0 Å². The number of hydrogen-bond donors (Lipinski definition) is 2. The van der Waals surface area contributed by atoms with E-state index in [1.54, 1.807) is 0 Å². The van der Waals surface area contributed by atoms with Crippen LogP contribution >= 0.6 is 24.0 Å². The number of aromatic nitrogens is 3. The first-order valence-corrected chi connectivity index (χ1v) is 10.9. The molecule has 8 heteroatoms. The highest BCUT2D eigenvalue weighted by molar-refractivity contribution is 14.0. The summed E-state index contributed by atoms with van der Waals surface area (Å²) >= 11 is 0. The Balaban J connectivity index is 0.00000272. The smallest absolute Gasteiger partial charge is 0.191 e. The molecule has 2 N–H and O–H groups in total. The fourth-order valence-corrected chi connectivity index (χ4v) is 3.90. The molecule has 1 aliphatic rings. The molecule has 0 amide bonds. The quantitative estimate of drug-likeness (QED) is 0.276. The third-order valence-corrected chi connectivity index (χ3v) is 5.51. The maximum absolute atomic E-state index is 4.84. The van der Waals surface area contributed by atoms with Crippen LogP contribution in [0.15, 0.2) is 53.7 Å². The first kappa shape index (κ1) is 23.5. The van der Waals surface area contributed by atoms with Crippen molar-refractivity contribution >= 4 is 35.6 Å². The second-order valence-electron chi connectivity index (χ2n) is 7.70. The molecule has 7 nitrogen and oxygen atoms in total. The van der Waals surface area contributed by atoms with E-state index in [2.05, 4.69) is 56.9 Å². The number of aliphatic imine (C=N–C) groups is 1. The Morgan fingerprint density at radius 2 is 1.74 bits per heavy atom. The molecule has 1 fully saturated rings. The monoisotopic (exact) mass is 533 g/mol. The van der Waals surface area contributed by atoms with Crippen LogP contribution in [-0.4, -0.2) is 45.1 Å². The Bertz CT molecular complexity index is 979. The molecule has 1 aliphatic heterocycles. The second kappa shape index (κ2) is 12.0. The third kappa shape index (κ3) is 6.39. The highest BCUT2D eigenvalue weighted by Gasteiger charge is 2.12. The zero-order chi connectivity index (χ0) is 20.6. The number of fused-ring (bicyclic) bond motifs is 1. The fourth-order valence-electron chi connectivity index (χ4n) is 3.90. The summed E-state index contributed by atoms with van der Waals surface area (Å²) in [6, 6.07) is 14.6. The number of piperidine rings is 1. The van der Waals surface area contributed by atoms with Crippen LogP contribution in [0, 0.1) is 0 Å². The largest absolute Gasteiger partial charge is 0.357 e. The van der Waals surface area contributed by atoms with Crippen molar-refractivity contribution in [3.05, 3.63) is 65.6 Å². The van der Waals surface area contributed by atoms with Crippen LogP contribution in [-0.2, 0) is 19.6 Å². The maximum Gasteiger partial charge on any atom is 0.191 e. The average molecular weight is 533 g/mol. The predicted octanol–water partition coefficient (Wildman–Crippen LogP) is 3.59. The molecule has 0 atom stereocenters. The zero-order valence-electron chi connectivity index (χ0n) is 18.1. The van der Waals surface area contributed by atoms with Gasteiger partial charge in [0.1, 0.15) is 0 Å². The third-order valence-electron chi connectivity index (χ3n) is 5.51. The maximum atomic E-state index is 4.84. The lowest BCUT2D eigenvalue weighted by Gasteiger charge is -2.27. The Labute approximate surface area is 201 Å². The van der Waals surface area contributed by atoms with Gasteiger partial charge in [-0.05, 0) is 56.1 Å². The number of rotatable bonds is 7. The minimum absolute atomic E-state index is 0. The number of halogens is 1. The Kier molecular flexibility index (Phi) is 9.08. The lowest BCUT2D eigenvalue weighted by atomic mass is 10.1. The van der Waals surface area contributed by atoms with Gasteiger partial charge in [0, 0.05) is 19.3 Å². The van der Waals surface area contributed by atoms with Crippen molar-refractivity contribution in [3.8, 4) is 0 Å². The van der Waals surface area contributed by atoms with Gasteiger partial charge < -0.3 is 10.6 Å². The summed E-state index contributed by atoms with van der Waals surface area (Å²) in [5.41, 5.74) is 3.51. The molecular weight excluding hydrogens is 501 g/mol. The zero-order valence-corrected chi connectivity index (χ0v) is 20.5. The molecule has 2 aromatic heterocycles. The van der Waals surface area contributed by atoms with E-state index in [0.29, 0.717) is 13.1 Å². The van der Waals surface area contributed by atoms with Crippen molar-refractivity contribution in [3.63, 3.8) is 0 Å². The summed E-state index contributed by atoms with van der Waals surface area (Å²) < 4.78 is 1.99. The van der Waals surface area contributed by atoms with Crippen LogP contribution in [0.2, 0.25) is 0 Å². The van der Waals surface area contributed by atoms with E-state index in [4.69, 9.17) is 4.99 Å². The lowest BCUT2D eigenvalue weighted by Crippen LogP contribution is -2.37. The Hall–Kier alpha value is -2.20. The summed E-state index contributed by atoms with van der Waals surface area (Å²) in [5.74, 6) is 1.65. The van der Waals surface area contributed by atoms with E-state index >= 15 is 0 Å². The number of likely N-dealkylation sites (tertiary alicyclic amines) is 1. The molecular formula is C23H32IN7. The molecule has 31 heavy (non-hydrogen) atoms. The summed E-state index contributed by atoms with van der Waals surface area (Å²) in [4.78, 5) is 7.40. The van der Waals surface area contributed by atoms with Crippen LogP contribution in [0.4, 0.5) is 0 Å². The number of nitrogens with one attached hydrogen (secondary N) is 2. The molecule has 166 valence electrons. The molecule has 4 rings (SSSR count). The molecule has 0 bridgehead atoms. The van der Waals surface area contributed by atoms with Crippen molar-refractivity contribution in [2.24, 2.45) is 4.99 Å². The Morgan fingerprint density at radius 1 is 0.968 bits per heavy atom. The molecule has 0 saturated carbocycles. The molecule has 1 aromatic carbocycles. The summed E-state index contributed by atoms with van der Waals surface area (Å²) in [7, 11) is 0. The van der Waals surface area contributed by atoms with Gasteiger partial charge in [0.2, 0.25) is 0 Å². The number of hydrogen-bond acceptors (Lipinski definition) is 4. The first-order chi connectivity index (χ1) is 14.8.